The largest absolute Gasteiger partial charge is 0.417 e. The lowest BCUT2D eigenvalue weighted by molar-refractivity contribution is -0.139. The fourth-order valence-electron chi connectivity index (χ4n) is 5.95. The molecule has 2 N–H and O–H groups in total. The Hall–Kier alpha value is -5.41. The molecule has 2 aromatic heterocycles. The second-order valence-electron chi connectivity index (χ2n) is 11.6. The van der Waals surface area contributed by atoms with Gasteiger partial charge in [-0.15, -0.1) is 0 Å². The number of pyridine rings is 1. The Morgan fingerprint density at radius 1 is 0.959 bits per heavy atom. The average molecular weight is 686 g/mol. The maximum atomic E-state index is 14.2. The summed E-state index contributed by atoms with van der Waals surface area (Å²) >= 11 is 0. The molecule has 1 atom stereocenters. The van der Waals surface area contributed by atoms with Crippen molar-refractivity contribution in [2.24, 2.45) is 10.7 Å². The Morgan fingerprint density at radius 3 is 2.35 bits per heavy atom. The van der Waals surface area contributed by atoms with Crippen LogP contribution in [-0.2, 0) is 36.1 Å². The molecule has 49 heavy (non-hydrogen) atoms. The topological polar surface area (TPSA) is 118 Å². The number of nitrogens with two attached hydrogens (primary N) is 1. The van der Waals surface area contributed by atoms with E-state index in [9.17, 15) is 40.3 Å². The van der Waals surface area contributed by atoms with Gasteiger partial charge in [0, 0.05) is 42.7 Å². The first-order valence-corrected chi connectivity index (χ1v) is 14.9. The van der Waals surface area contributed by atoms with Crippen LogP contribution in [0.5, 0.6) is 0 Å². The van der Waals surface area contributed by atoms with Gasteiger partial charge in [-0.2, -0.15) is 26.3 Å². The SMILES string of the molecule is NC1=N[C@](CCCC(F)(F)F)(c2ccc(F)cc2)C(=O)N1Cc1ccc(C(F)(F)F)c(C(=O)N2Cc3cnc(-c4ccncc4)nc3C2)c1. The van der Waals surface area contributed by atoms with Crippen molar-refractivity contribution in [3.63, 3.8) is 0 Å². The van der Waals surface area contributed by atoms with E-state index >= 15 is 0 Å². The molecule has 2 aromatic carbocycles. The minimum absolute atomic E-state index is 0.0470. The number of amides is 2. The van der Waals surface area contributed by atoms with Gasteiger partial charge in [0.25, 0.3) is 11.8 Å². The number of alkyl halides is 6. The third-order valence-electron chi connectivity index (χ3n) is 8.34. The molecule has 0 spiro atoms. The maximum absolute atomic E-state index is 14.2. The van der Waals surface area contributed by atoms with E-state index in [0.29, 0.717) is 22.6 Å². The molecule has 0 bridgehead atoms. The normalized spacial score (nSPS) is 17.8. The summed E-state index contributed by atoms with van der Waals surface area (Å²) < 4.78 is 95.3. The number of aliphatic imine (C=N–C) groups is 1. The van der Waals surface area contributed by atoms with Crippen molar-refractivity contribution >= 4 is 17.8 Å². The Bertz CT molecular complexity index is 1930. The number of rotatable bonds is 8. The van der Waals surface area contributed by atoms with E-state index in [1.54, 1.807) is 24.5 Å². The highest BCUT2D eigenvalue weighted by atomic mass is 19.4. The average Bonchev–Trinajstić information content (AvgIpc) is 3.58. The van der Waals surface area contributed by atoms with E-state index in [4.69, 9.17) is 5.73 Å². The molecule has 0 saturated carbocycles. The molecular weight excluding hydrogens is 659 g/mol. The van der Waals surface area contributed by atoms with Crippen molar-refractivity contribution in [1.29, 1.82) is 0 Å². The molecule has 0 unspecified atom stereocenters. The maximum Gasteiger partial charge on any atom is 0.417 e. The van der Waals surface area contributed by atoms with Gasteiger partial charge in [-0.05, 0) is 60.4 Å². The van der Waals surface area contributed by atoms with Crippen LogP contribution < -0.4 is 5.73 Å². The summed E-state index contributed by atoms with van der Waals surface area (Å²) in [7, 11) is 0. The zero-order chi connectivity index (χ0) is 35.1. The van der Waals surface area contributed by atoms with Crippen molar-refractivity contribution in [2.75, 3.05) is 0 Å². The summed E-state index contributed by atoms with van der Waals surface area (Å²) in [5, 5.41) is 0. The first kappa shape index (κ1) is 33.5. The number of carbonyl (C=O) groups is 2. The lowest BCUT2D eigenvalue weighted by Crippen LogP contribution is -2.42. The van der Waals surface area contributed by atoms with E-state index in [-0.39, 0.29) is 24.2 Å². The third-order valence-corrected chi connectivity index (χ3v) is 8.34. The summed E-state index contributed by atoms with van der Waals surface area (Å²) in [4.78, 5) is 46.7. The second kappa shape index (κ2) is 12.6. The Balaban J connectivity index is 1.28. The predicted molar refractivity (Wildman–Crippen MR) is 160 cm³/mol. The lowest BCUT2D eigenvalue weighted by Gasteiger charge is -2.27. The highest BCUT2D eigenvalue weighted by molar-refractivity contribution is 6.07. The van der Waals surface area contributed by atoms with Gasteiger partial charge in [0.2, 0.25) is 0 Å². The number of fused-ring (bicyclic) bond motifs is 1. The fourth-order valence-corrected chi connectivity index (χ4v) is 5.95. The Labute approximate surface area is 274 Å². The quantitative estimate of drug-likeness (QED) is 0.223. The monoisotopic (exact) mass is 685 g/mol. The number of aromatic nitrogens is 3. The molecule has 0 saturated heterocycles. The molecule has 0 fully saturated rings. The molecule has 0 radical (unpaired) electrons. The van der Waals surface area contributed by atoms with Gasteiger partial charge in [0.1, 0.15) is 5.82 Å². The first-order chi connectivity index (χ1) is 23.1. The second-order valence-corrected chi connectivity index (χ2v) is 11.6. The first-order valence-electron chi connectivity index (χ1n) is 14.9. The van der Waals surface area contributed by atoms with Crippen LogP contribution >= 0.6 is 0 Å². The van der Waals surface area contributed by atoms with Gasteiger partial charge < -0.3 is 10.6 Å². The minimum Gasteiger partial charge on any atom is -0.369 e. The zero-order valence-corrected chi connectivity index (χ0v) is 25.4. The lowest BCUT2D eigenvalue weighted by atomic mass is 9.84. The van der Waals surface area contributed by atoms with Crippen LogP contribution in [-0.4, -0.2) is 48.7 Å². The highest BCUT2D eigenvalue weighted by Gasteiger charge is 2.49. The van der Waals surface area contributed by atoms with Crippen molar-refractivity contribution < 1.29 is 40.3 Å². The molecule has 9 nitrogen and oxygen atoms in total. The van der Waals surface area contributed by atoms with E-state index in [1.165, 1.54) is 23.2 Å². The Kier molecular flexibility index (Phi) is 8.58. The number of hydrogen-bond acceptors (Lipinski definition) is 7. The number of benzene rings is 2. The van der Waals surface area contributed by atoms with Crippen LogP contribution in [0.25, 0.3) is 11.4 Å². The molecule has 254 valence electrons. The number of nitrogens with zero attached hydrogens (tertiary/aromatic N) is 6. The van der Waals surface area contributed by atoms with E-state index in [2.05, 4.69) is 19.9 Å². The van der Waals surface area contributed by atoms with E-state index < -0.39 is 78.4 Å². The van der Waals surface area contributed by atoms with Crippen molar-refractivity contribution in [3.8, 4) is 11.4 Å². The third kappa shape index (κ3) is 6.80. The minimum atomic E-state index is -4.91. The molecule has 6 rings (SSSR count). The number of guanidine groups is 1. The van der Waals surface area contributed by atoms with Gasteiger partial charge in [0.05, 0.1) is 29.9 Å². The molecule has 2 amide bonds. The molecule has 16 heteroatoms. The molecule has 2 aliphatic heterocycles. The van der Waals surface area contributed by atoms with Crippen LogP contribution in [0.1, 0.15) is 57.6 Å². The van der Waals surface area contributed by atoms with Crippen LogP contribution in [0.4, 0.5) is 30.7 Å². The number of halogens is 7. The highest BCUT2D eigenvalue weighted by Crippen LogP contribution is 2.40. The molecule has 4 heterocycles. The van der Waals surface area contributed by atoms with Crippen LogP contribution in [0.15, 0.2) is 78.2 Å². The molecule has 2 aliphatic rings. The van der Waals surface area contributed by atoms with Crippen LogP contribution in [0.2, 0.25) is 0 Å². The summed E-state index contributed by atoms with van der Waals surface area (Å²) in [6, 6.07) is 10.7. The molecule has 4 aromatic rings. The summed E-state index contributed by atoms with van der Waals surface area (Å²) in [6.07, 6.45) is -6.97. The van der Waals surface area contributed by atoms with Crippen molar-refractivity contribution in [3.05, 3.63) is 113 Å². The summed E-state index contributed by atoms with van der Waals surface area (Å²) in [5.74, 6) is -2.48. The van der Waals surface area contributed by atoms with Crippen LogP contribution in [0.3, 0.4) is 0 Å². The van der Waals surface area contributed by atoms with Gasteiger partial charge in [-0.1, -0.05) is 18.2 Å². The summed E-state index contributed by atoms with van der Waals surface area (Å²) in [5.41, 5.74) is 4.15. The fraction of sp³-hybridized carbons (Fsp3) is 0.273. The van der Waals surface area contributed by atoms with Gasteiger partial charge in [-0.3, -0.25) is 19.5 Å². The molecule has 0 aliphatic carbocycles. The Morgan fingerprint density at radius 2 is 1.67 bits per heavy atom. The predicted octanol–water partition coefficient (Wildman–Crippen LogP) is 6.14. The van der Waals surface area contributed by atoms with Gasteiger partial charge >= 0.3 is 12.4 Å². The zero-order valence-electron chi connectivity index (χ0n) is 25.4. The van der Waals surface area contributed by atoms with E-state index in [1.807, 2.05) is 0 Å². The molecular formula is C33H26F7N7O2. The van der Waals surface area contributed by atoms with Crippen molar-refractivity contribution in [1.82, 2.24) is 24.8 Å². The van der Waals surface area contributed by atoms with Crippen LogP contribution in [0, 0.1) is 5.82 Å². The summed E-state index contributed by atoms with van der Waals surface area (Å²) in [6.45, 7) is -0.580. The van der Waals surface area contributed by atoms with Gasteiger partial charge in [-0.25, -0.2) is 19.4 Å². The van der Waals surface area contributed by atoms with Gasteiger partial charge in [0.15, 0.2) is 17.3 Å². The number of carbonyl (C=O) groups excluding carboxylic acids is 2. The van der Waals surface area contributed by atoms with E-state index in [0.717, 1.165) is 35.2 Å². The number of hydrogen-bond donors (Lipinski definition) is 1. The standard InChI is InChI=1S/C33H26F7N7O2/c34-23-5-3-22(4-6-23)31(10-1-11-32(35,36)37)29(49)47(30(41)45-31)16-19-2-7-25(33(38,39)40)24(14-19)28(48)46-17-21-15-43-27(44-26(21)18-46)20-8-12-42-13-9-20/h2-9,12-15H,1,10-11,16-18H2,(H2,41,45)/t31-/m1/s1. The van der Waals surface area contributed by atoms with Crippen molar-refractivity contribution in [2.45, 2.75) is 56.8 Å². The smallest absolute Gasteiger partial charge is 0.369 e.